The van der Waals surface area contributed by atoms with Crippen LogP contribution in [-0.4, -0.2) is 18.5 Å². The summed E-state index contributed by atoms with van der Waals surface area (Å²) in [6, 6.07) is 0.733. The lowest BCUT2D eigenvalue weighted by molar-refractivity contribution is 0.294. The van der Waals surface area contributed by atoms with E-state index in [1.54, 1.807) is 0 Å². The first-order valence-electron chi connectivity index (χ1n) is 7.16. The van der Waals surface area contributed by atoms with E-state index in [9.17, 15) is 0 Å². The Morgan fingerprint density at radius 3 is 2.62 bits per heavy atom. The molecular weight excluding hydrogens is 218 g/mol. The van der Waals surface area contributed by atoms with Crippen LogP contribution in [0.4, 0.5) is 0 Å². The molecule has 5 atom stereocenters. The van der Waals surface area contributed by atoms with Crippen molar-refractivity contribution in [1.29, 1.82) is 0 Å². The van der Waals surface area contributed by atoms with Crippen molar-refractivity contribution in [2.24, 2.45) is 23.7 Å². The standard InChI is InChI=1S/C14H24ClN/c15-8-12-2-1-3-14(12)16-9-13-7-10-4-5-11(13)6-10/h10-14,16H,1-9H2. The van der Waals surface area contributed by atoms with Crippen molar-refractivity contribution in [3.05, 3.63) is 0 Å². The number of hydrogen-bond acceptors (Lipinski definition) is 1. The minimum absolute atomic E-state index is 0.733. The SMILES string of the molecule is ClCC1CCCC1NCC1CC2CCC1C2. The maximum atomic E-state index is 6.02. The Morgan fingerprint density at radius 1 is 1.00 bits per heavy atom. The first kappa shape index (κ1) is 11.3. The molecule has 0 saturated heterocycles. The van der Waals surface area contributed by atoms with E-state index in [0.29, 0.717) is 0 Å². The van der Waals surface area contributed by atoms with Crippen molar-refractivity contribution in [3.8, 4) is 0 Å². The summed E-state index contributed by atoms with van der Waals surface area (Å²) in [4.78, 5) is 0. The van der Waals surface area contributed by atoms with Crippen LogP contribution < -0.4 is 5.32 Å². The third kappa shape index (κ3) is 2.13. The van der Waals surface area contributed by atoms with Crippen molar-refractivity contribution in [3.63, 3.8) is 0 Å². The zero-order valence-electron chi connectivity index (χ0n) is 10.1. The van der Waals surface area contributed by atoms with Crippen molar-refractivity contribution in [2.45, 2.75) is 51.0 Å². The Kier molecular flexibility index (Phi) is 3.44. The molecule has 1 N–H and O–H groups in total. The highest BCUT2D eigenvalue weighted by molar-refractivity contribution is 6.18. The van der Waals surface area contributed by atoms with Gasteiger partial charge in [0.1, 0.15) is 0 Å². The van der Waals surface area contributed by atoms with E-state index < -0.39 is 0 Å². The largest absolute Gasteiger partial charge is 0.313 e. The predicted molar refractivity (Wildman–Crippen MR) is 68.8 cm³/mol. The van der Waals surface area contributed by atoms with Crippen LogP contribution in [0.5, 0.6) is 0 Å². The molecule has 5 unspecified atom stereocenters. The molecule has 16 heavy (non-hydrogen) atoms. The van der Waals surface area contributed by atoms with Crippen LogP contribution in [0.25, 0.3) is 0 Å². The van der Waals surface area contributed by atoms with Gasteiger partial charge in [0.2, 0.25) is 0 Å². The second-order valence-corrected chi connectivity index (χ2v) is 6.60. The Labute approximate surface area is 104 Å². The fraction of sp³-hybridized carbons (Fsp3) is 1.00. The molecule has 3 aliphatic rings. The Bertz CT molecular complexity index is 237. The third-order valence-electron chi connectivity index (χ3n) is 5.38. The highest BCUT2D eigenvalue weighted by Gasteiger charge is 2.39. The fourth-order valence-corrected chi connectivity index (χ4v) is 4.79. The van der Waals surface area contributed by atoms with Gasteiger partial charge in [-0.3, -0.25) is 0 Å². The zero-order chi connectivity index (χ0) is 11.0. The molecule has 3 saturated carbocycles. The quantitative estimate of drug-likeness (QED) is 0.744. The average Bonchev–Trinajstić information content (AvgIpc) is 3.01. The summed E-state index contributed by atoms with van der Waals surface area (Å²) in [7, 11) is 0. The molecule has 1 nitrogen and oxygen atoms in total. The number of fused-ring (bicyclic) bond motifs is 2. The number of nitrogens with one attached hydrogen (secondary N) is 1. The van der Waals surface area contributed by atoms with E-state index in [1.807, 2.05) is 0 Å². The molecule has 0 aliphatic heterocycles. The van der Waals surface area contributed by atoms with Gasteiger partial charge in [0.05, 0.1) is 0 Å². The van der Waals surface area contributed by atoms with Crippen LogP contribution in [0.3, 0.4) is 0 Å². The van der Waals surface area contributed by atoms with Gasteiger partial charge in [-0.05, 0) is 62.3 Å². The molecule has 0 aromatic carbocycles. The Morgan fingerprint density at radius 2 is 1.94 bits per heavy atom. The minimum Gasteiger partial charge on any atom is -0.313 e. The van der Waals surface area contributed by atoms with E-state index in [0.717, 1.165) is 35.6 Å². The first-order chi connectivity index (χ1) is 7.86. The van der Waals surface area contributed by atoms with Gasteiger partial charge < -0.3 is 5.32 Å². The van der Waals surface area contributed by atoms with Crippen LogP contribution in [0, 0.1) is 23.7 Å². The molecule has 0 spiro atoms. The van der Waals surface area contributed by atoms with E-state index in [2.05, 4.69) is 5.32 Å². The molecule has 0 amide bonds. The van der Waals surface area contributed by atoms with Gasteiger partial charge in [-0.1, -0.05) is 12.8 Å². The maximum absolute atomic E-state index is 6.02. The molecule has 2 heteroatoms. The minimum atomic E-state index is 0.733. The second-order valence-electron chi connectivity index (χ2n) is 6.29. The summed E-state index contributed by atoms with van der Waals surface area (Å²) < 4.78 is 0. The molecule has 2 bridgehead atoms. The van der Waals surface area contributed by atoms with Crippen molar-refractivity contribution in [2.75, 3.05) is 12.4 Å². The Hall–Kier alpha value is 0.250. The maximum Gasteiger partial charge on any atom is 0.0266 e. The topological polar surface area (TPSA) is 12.0 Å². The molecule has 3 rings (SSSR count). The van der Waals surface area contributed by atoms with E-state index >= 15 is 0 Å². The zero-order valence-corrected chi connectivity index (χ0v) is 10.9. The molecule has 0 aromatic heterocycles. The predicted octanol–water partition coefficient (Wildman–Crippen LogP) is 3.42. The molecular formula is C14H24ClN. The van der Waals surface area contributed by atoms with Crippen molar-refractivity contribution >= 4 is 11.6 Å². The lowest BCUT2D eigenvalue weighted by Crippen LogP contribution is -2.37. The molecule has 92 valence electrons. The number of halogens is 1. The van der Waals surface area contributed by atoms with E-state index in [-0.39, 0.29) is 0 Å². The Balaban J connectivity index is 1.46. The number of rotatable bonds is 4. The second kappa shape index (κ2) is 4.86. The first-order valence-corrected chi connectivity index (χ1v) is 7.69. The van der Waals surface area contributed by atoms with Gasteiger partial charge in [-0.15, -0.1) is 11.6 Å². The molecule has 0 radical (unpaired) electrons. The molecule has 0 aromatic rings. The fourth-order valence-electron chi connectivity index (χ4n) is 4.42. The van der Waals surface area contributed by atoms with Crippen LogP contribution in [-0.2, 0) is 0 Å². The lowest BCUT2D eigenvalue weighted by atomic mass is 9.88. The smallest absolute Gasteiger partial charge is 0.0266 e. The van der Waals surface area contributed by atoms with E-state index in [1.165, 1.54) is 51.5 Å². The molecule has 3 fully saturated rings. The molecule has 0 heterocycles. The van der Waals surface area contributed by atoms with E-state index in [4.69, 9.17) is 11.6 Å². The number of hydrogen-bond donors (Lipinski definition) is 1. The molecule has 3 aliphatic carbocycles. The normalized spacial score (nSPS) is 46.7. The van der Waals surface area contributed by atoms with Crippen molar-refractivity contribution < 1.29 is 0 Å². The summed E-state index contributed by atoms with van der Waals surface area (Å²) in [5.74, 6) is 4.75. The van der Waals surface area contributed by atoms with Crippen LogP contribution >= 0.6 is 11.6 Å². The highest BCUT2D eigenvalue weighted by atomic mass is 35.5. The van der Waals surface area contributed by atoms with Crippen LogP contribution in [0.15, 0.2) is 0 Å². The van der Waals surface area contributed by atoms with Crippen LogP contribution in [0.2, 0.25) is 0 Å². The van der Waals surface area contributed by atoms with Gasteiger partial charge in [0.25, 0.3) is 0 Å². The van der Waals surface area contributed by atoms with Crippen LogP contribution in [0.1, 0.15) is 44.9 Å². The summed E-state index contributed by atoms with van der Waals surface area (Å²) >= 11 is 6.02. The summed E-state index contributed by atoms with van der Waals surface area (Å²) in [6.45, 7) is 1.28. The van der Waals surface area contributed by atoms with Gasteiger partial charge in [0.15, 0.2) is 0 Å². The summed E-state index contributed by atoms with van der Waals surface area (Å²) in [5.41, 5.74) is 0. The lowest BCUT2D eigenvalue weighted by Gasteiger charge is -2.26. The van der Waals surface area contributed by atoms with Gasteiger partial charge >= 0.3 is 0 Å². The summed E-state index contributed by atoms with van der Waals surface area (Å²) in [5, 5.41) is 3.82. The van der Waals surface area contributed by atoms with Crippen molar-refractivity contribution in [1.82, 2.24) is 5.32 Å². The van der Waals surface area contributed by atoms with Gasteiger partial charge in [0, 0.05) is 11.9 Å². The monoisotopic (exact) mass is 241 g/mol. The summed E-state index contributed by atoms with van der Waals surface area (Å²) in [6.07, 6.45) is 10.2. The average molecular weight is 242 g/mol. The highest BCUT2D eigenvalue weighted by Crippen LogP contribution is 2.48. The third-order valence-corrected chi connectivity index (χ3v) is 5.78. The van der Waals surface area contributed by atoms with Gasteiger partial charge in [-0.25, -0.2) is 0 Å². The number of alkyl halides is 1. The van der Waals surface area contributed by atoms with Gasteiger partial charge in [-0.2, -0.15) is 0 Å².